The molecule has 0 aliphatic carbocycles. The molecular formula is C13H17NO5S. The Morgan fingerprint density at radius 3 is 2.95 bits per heavy atom. The molecule has 1 heterocycles. The predicted octanol–water partition coefficient (Wildman–Crippen LogP) is 1.15. The zero-order chi connectivity index (χ0) is 14.6. The van der Waals surface area contributed by atoms with Gasteiger partial charge in [-0.1, -0.05) is 0 Å². The van der Waals surface area contributed by atoms with Crippen molar-refractivity contribution >= 4 is 16.0 Å². The third-order valence-electron chi connectivity index (χ3n) is 3.05. The molecule has 0 spiro atoms. The van der Waals surface area contributed by atoms with Gasteiger partial charge in [-0.2, -0.15) is 0 Å². The summed E-state index contributed by atoms with van der Waals surface area (Å²) in [6.07, 6.45) is 1.89. The molecule has 1 aromatic rings. The lowest BCUT2D eigenvalue weighted by atomic mass is 10.1. The molecule has 0 atom stereocenters. The van der Waals surface area contributed by atoms with Gasteiger partial charge < -0.3 is 9.84 Å². The molecule has 0 saturated carbocycles. The van der Waals surface area contributed by atoms with Crippen LogP contribution >= 0.6 is 0 Å². The zero-order valence-electron chi connectivity index (χ0n) is 11.0. The molecule has 7 heteroatoms. The van der Waals surface area contributed by atoms with Gasteiger partial charge in [-0.3, -0.25) is 4.79 Å². The van der Waals surface area contributed by atoms with E-state index in [0.29, 0.717) is 6.61 Å². The topological polar surface area (TPSA) is 92.7 Å². The number of hydrogen-bond donors (Lipinski definition) is 2. The highest BCUT2D eigenvalue weighted by atomic mass is 32.2. The van der Waals surface area contributed by atoms with E-state index in [-0.39, 0.29) is 24.3 Å². The van der Waals surface area contributed by atoms with Crippen molar-refractivity contribution in [2.24, 2.45) is 0 Å². The van der Waals surface area contributed by atoms with E-state index in [0.717, 1.165) is 24.2 Å². The Morgan fingerprint density at radius 2 is 2.20 bits per heavy atom. The van der Waals surface area contributed by atoms with Crippen LogP contribution in [0.4, 0.5) is 0 Å². The van der Waals surface area contributed by atoms with Gasteiger partial charge in [-0.05, 0) is 43.0 Å². The van der Waals surface area contributed by atoms with E-state index < -0.39 is 16.0 Å². The van der Waals surface area contributed by atoms with Gasteiger partial charge in [0, 0.05) is 13.0 Å². The number of carboxylic acids is 1. The summed E-state index contributed by atoms with van der Waals surface area (Å²) in [4.78, 5) is 10.6. The average Bonchev–Trinajstić information content (AvgIpc) is 2.43. The molecule has 0 fully saturated rings. The fourth-order valence-electron chi connectivity index (χ4n) is 2.03. The monoisotopic (exact) mass is 299 g/mol. The van der Waals surface area contributed by atoms with Crippen LogP contribution in [-0.4, -0.2) is 32.6 Å². The minimum atomic E-state index is -3.59. The second-order valence-electron chi connectivity index (χ2n) is 4.62. The van der Waals surface area contributed by atoms with Gasteiger partial charge in [0.1, 0.15) is 5.75 Å². The third kappa shape index (κ3) is 3.71. The number of fused-ring (bicyclic) bond motifs is 1. The van der Waals surface area contributed by atoms with E-state index >= 15 is 0 Å². The number of aryl methyl sites for hydroxylation is 1. The molecule has 0 bridgehead atoms. The second kappa shape index (κ2) is 6.23. The normalized spacial score (nSPS) is 14.4. The van der Waals surface area contributed by atoms with Crippen LogP contribution in [0.25, 0.3) is 0 Å². The number of hydrogen-bond acceptors (Lipinski definition) is 4. The molecule has 1 aliphatic heterocycles. The van der Waals surface area contributed by atoms with Crippen molar-refractivity contribution in [2.45, 2.75) is 30.6 Å². The van der Waals surface area contributed by atoms with Gasteiger partial charge >= 0.3 is 5.97 Å². The van der Waals surface area contributed by atoms with Crippen molar-refractivity contribution in [3.8, 4) is 5.75 Å². The number of carboxylic acid groups (broad SMARTS) is 1. The summed E-state index contributed by atoms with van der Waals surface area (Å²) >= 11 is 0. The number of rotatable bonds is 6. The second-order valence-corrected chi connectivity index (χ2v) is 6.38. The largest absolute Gasteiger partial charge is 0.493 e. The number of aliphatic carboxylic acids is 1. The van der Waals surface area contributed by atoms with Crippen molar-refractivity contribution in [3.63, 3.8) is 0 Å². The van der Waals surface area contributed by atoms with Gasteiger partial charge in [0.15, 0.2) is 0 Å². The van der Waals surface area contributed by atoms with Crippen LogP contribution in [-0.2, 0) is 21.2 Å². The van der Waals surface area contributed by atoms with E-state index in [2.05, 4.69) is 4.72 Å². The minimum Gasteiger partial charge on any atom is -0.493 e. The van der Waals surface area contributed by atoms with Crippen molar-refractivity contribution in [3.05, 3.63) is 23.8 Å². The number of ether oxygens (including phenoxy) is 1. The summed E-state index contributed by atoms with van der Waals surface area (Å²) in [6.45, 7) is 0.773. The van der Waals surface area contributed by atoms with Crippen molar-refractivity contribution in [1.82, 2.24) is 4.72 Å². The first-order chi connectivity index (χ1) is 9.49. The summed E-state index contributed by atoms with van der Waals surface area (Å²) in [5.41, 5.74) is 0.893. The van der Waals surface area contributed by atoms with Gasteiger partial charge in [-0.25, -0.2) is 13.1 Å². The van der Waals surface area contributed by atoms with E-state index in [1.165, 1.54) is 6.07 Å². The quantitative estimate of drug-likeness (QED) is 0.769. The van der Waals surface area contributed by atoms with Crippen molar-refractivity contribution in [2.75, 3.05) is 13.2 Å². The first-order valence-corrected chi connectivity index (χ1v) is 7.94. The minimum absolute atomic E-state index is 0.0550. The smallest absolute Gasteiger partial charge is 0.303 e. The molecule has 0 unspecified atom stereocenters. The van der Waals surface area contributed by atoms with Crippen LogP contribution in [0.15, 0.2) is 23.1 Å². The molecule has 20 heavy (non-hydrogen) atoms. The van der Waals surface area contributed by atoms with Crippen LogP contribution in [0.2, 0.25) is 0 Å². The first kappa shape index (κ1) is 14.8. The van der Waals surface area contributed by atoms with Gasteiger partial charge in [0.25, 0.3) is 0 Å². The fourth-order valence-corrected chi connectivity index (χ4v) is 3.16. The summed E-state index contributed by atoms with van der Waals surface area (Å²) in [5.74, 6) is -0.198. The zero-order valence-corrected chi connectivity index (χ0v) is 11.8. The number of benzene rings is 1. The Morgan fingerprint density at radius 1 is 1.40 bits per heavy atom. The molecule has 0 amide bonds. The SMILES string of the molecule is O=C(O)CCCNS(=O)(=O)c1ccc2c(c1)CCCO2. The van der Waals surface area contributed by atoms with E-state index in [9.17, 15) is 13.2 Å². The first-order valence-electron chi connectivity index (χ1n) is 6.46. The lowest BCUT2D eigenvalue weighted by Gasteiger charge is -2.18. The van der Waals surface area contributed by atoms with E-state index in [4.69, 9.17) is 9.84 Å². The lowest BCUT2D eigenvalue weighted by Crippen LogP contribution is -2.25. The van der Waals surface area contributed by atoms with Crippen LogP contribution in [0.5, 0.6) is 5.75 Å². The number of sulfonamides is 1. The molecule has 2 rings (SSSR count). The van der Waals surface area contributed by atoms with Crippen LogP contribution < -0.4 is 9.46 Å². The highest BCUT2D eigenvalue weighted by molar-refractivity contribution is 7.89. The Kier molecular flexibility index (Phi) is 4.61. The van der Waals surface area contributed by atoms with E-state index in [1.807, 2.05) is 0 Å². The number of nitrogens with one attached hydrogen (secondary N) is 1. The summed E-state index contributed by atoms with van der Waals surface area (Å²) in [7, 11) is -3.59. The Labute approximate surface area is 117 Å². The van der Waals surface area contributed by atoms with Crippen molar-refractivity contribution in [1.29, 1.82) is 0 Å². The standard InChI is InChI=1S/C13H17NO5S/c15-13(16)4-1-7-14-20(17,18)11-5-6-12-10(9-11)3-2-8-19-12/h5-6,9,14H,1-4,7-8H2,(H,15,16). The third-order valence-corrected chi connectivity index (χ3v) is 4.51. The maximum absolute atomic E-state index is 12.1. The van der Waals surface area contributed by atoms with Crippen molar-refractivity contribution < 1.29 is 23.1 Å². The fraction of sp³-hybridized carbons (Fsp3) is 0.462. The molecule has 1 aliphatic rings. The number of carbonyl (C=O) groups is 1. The Bertz CT molecular complexity index is 597. The molecular weight excluding hydrogens is 282 g/mol. The van der Waals surface area contributed by atoms with Gasteiger partial charge in [0.2, 0.25) is 10.0 Å². The summed E-state index contributed by atoms with van der Waals surface area (Å²) < 4.78 is 32.0. The van der Waals surface area contributed by atoms with Gasteiger partial charge in [-0.15, -0.1) is 0 Å². The maximum atomic E-state index is 12.1. The maximum Gasteiger partial charge on any atom is 0.303 e. The average molecular weight is 299 g/mol. The highest BCUT2D eigenvalue weighted by Gasteiger charge is 2.18. The molecule has 0 aromatic heterocycles. The Hall–Kier alpha value is -1.60. The molecule has 110 valence electrons. The van der Waals surface area contributed by atoms with Gasteiger partial charge in [0.05, 0.1) is 11.5 Å². The van der Waals surface area contributed by atoms with Crippen LogP contribution in [0, 0.1) is 0 Å². The predicted molar refractivity (Wildman–Crippen MR) is 72.3 cm³/mol. The van der Waals surface area contributed by atoms with Crippen LogP contribution in [0.1, 0.15) is 24.8 Å². The molecule has 1 aromatic carbocycles. The van der Waals surface area contributed by atoms with E-state index in [1.54, 1.807) is 12.1 Å². The molecule has 6 nitrogen and oxygen atoms in total. The molecule has 2 N–H and O–H groups in total. The molecule has 0 radical (unpaired) electrons. The van der Waals surface area contributed by atoms with Crippen LogP contribution in [0.3, 0.4) is 0 Å². The Balaban J connectivity index is 2.03. The highest BCUT2D eigenvalue weighted by Crippen LogP contribution is 2.27. The summed E-state index contributed by atoms with van der Waals surface area (Å²) in [5, 5.41) is 8.50. The summed E-state index contributed by atoms with van der Waals surface area (Å²) in [6, 6.07) is 4.79. The lowest BCUT2D eigenvalue weighted by molar-refractivity contribution is -0.137. The molecule has 0 saturated heterocycles.